The van der Waals surface area contributed by atoms with Crippen LogP contribution >= 0.6 is 0 Å². The number of aryl methyl sites for hydroxylation is 1. The lowest BCUT2D eigenvalue weighted by atomic mass is 10.1. The van der Waals surface area contributed by atoms with Gasteiger partial charge in [-0.15, -0.1) is 0 Å². The van der Waals surface area contributed by atoms with E-state index in [1.807, 2.05) is 7.05 Å². The fraction of sp³-hybridized carbons (Fsp3) is 0.550. The summed E-state index contributed by atoms with van der Waals surface area (Å²) in [6, 6.07) is 6.57. The third-order valence-electron chi connectivity index (χ3n) is 5.15. The Hall–Kier alpha value is -2.01. The maximum absolute atomic E-state index is 5.29. The molecule has 25 heavy (non-hydrogen) atoms. The van der Waals surface area contributed by atoms with Gasteiger partial charge in [0, 0.05) is 56.8 Å². The molecule has 5 heteroatoms. The van der Waals surface area contributed by atoms with Crippen LogP contribution in [0, 0.1) is 5.92 Å². The van der Waals surface area contributed by atoms with E-state index in [2.05, 4.69) is 51.5 Å². The zero-order valence-corrected chi connectivity index (χ0v) is 15.6. The number of methoxy groups -OCH3 is 1. The van der Waals surface area contributed by atoms with E-state index < -0.39 is 0 Å². The Morgan fingerprint density at radius 1 is 1.40 bits per heavy atom. The molecule has 5 nitrogen and oxygen atoms in total. The normalized spacial score (nSPS) is 18.3. The number of rotatable bonds is 6. The van der Waals surface area contributed by atoms with Crippen molar-refractivity contribution in [3.63, 3.8) is 0 Å². The molecule has 0 radical (unpaired) electrons. The standard InChI is InChI=1S/C20H30N4O/c1-4-16-6-5-7-18-17(12-23-19(16)18)8-10-22-20(21-2)24-11-9-15(13-24)14-25-3/h5-7,12,15,23H,4,8-11,13-14H2,1-3H3,(H,21,22). The van der Waals surface area contributed by atoms with Gasteiger partial charge in [-0.3, -0.25) is 4.99 Å². The highest BCUT2D eigenvalue weighted by Gasteiger charge is 2.24. The summed E-state index contributed by atoms with van der Waals surface area (Å²) in [6.45, 7) is 6.01. The molecule has 0 aliphatic carbocycles. The fourth-order valence-electron chi connectivity index (χ4n) is 3.81. The summed E-state index contributed by atoms with van der Waals surface area (Å²) >= 11 is 0. The van der Waals surface area contributed by atoms with Crippen molar-refractivity contribution < 1.29 is 4.74 Å². The minimum atomic E-state index is 0.615. The zero-order valence-electron chi connectivity index (χ0n) is 15.6. The number of aliphatic imine (C=N–C) groups is 1. The lowest BCUT2D eigenvalue weighted by Crippen LogP contribution is -2.41. The molecule has 1 aromatic heterocycles. The van der Waals surface area contributed by atoms with Gasteiger partial charge in [0.15, 0.2) is 5.96 Å². The van der Waals surface area contributed by atoms with Crippen LogP contribution in [0.25, 0.3) is 10.9 Å². The third-order valence-corrected chi connectivity index (χ3v) is 5.15. The minimum Gasteiger partial charge on any atom is -0.384 e. The van der Waals surface area contributed by atoms with E-state index in [1.54, 1.807) is 7.11 Å². The van der Waals surface area contributed by atoms with Crippen LogP contribution in [0.1, 0.15) is 24.5 Å². The van der Waals surface area contributed by atoms with Crippen LogP contribution < -0.4 is 5.32 Å². The van der Waals surface area contributed by atoms with E-state index in [0.29, 0.717) is 5.92 Å². The number of para-hydroxylation sites is 1. The monoisotopic (exact) mass is 342 g/mol. The van der Waals surface area contributed by atoms with Gasteiger partial charge >= 0.3 is 0 Å². The molecule has 1 fully saturated rings. The fourth-order valence-corrected chi connectivity index (χ4v) is 3.81. The first kappa shape index (κ1) is 17.8. The number of hydrogen-bond donors (Lipinski definition) is 2. The molecule has 0 amide bonds. The summed E-state index contributed by atoms with van der Waals surface area (Å²) in [5, 5.41) is 4.87. The van der Waals surface area contributed by atoms with Crippen LogP contribution in [0.15, 0.2) is 29.4 Å². The van der Waals surface area contributed by atoms with Crippen LogP contribution in [-0.2, 0) is 17.6 Å². The smallest absolute Gasteiger partial charge is 0.193 e. The van der Waals surface area contributed by atoms with E-state index in [9.17, 15) is 0 Å². The SMILES string of the molecule is CCc1cccc2c(CCNC(=NC)N3CCC(COC)C3)c[nH]c12. The average molecular weight is 342 g/mol. The Balaban J connectivity index is 1.57. The van der Waals surface area contributed by atoms with E-state index in [1.165, 1.54) is 28.5 Å². The lowest BCUT2D eigenvalue weighted by molar-refractivity contribution is 0.157. The zero-order chi connectivity index (χ0) is 17.6. The number of fused-ring (bicyclic) bond motifs is 1. The van der Waals surface area contributed by atoms with Crippen molar-refractivity contribution in [2.24, 2.45) is 10.9 Å². The molecule has 0 spiro atoms. The Kier molecular flexibility index (Phi) is 5.97. The van der Waals surface area contributed by atoms with Gasteiger partial charge in [-0.05, 0) is 30.4 Å². The highest BCUT2D eigenvalue weighted by Crippen LogP contribution is 2.22. The summed E-state index contributed by atoms with van der Waals surface area (Å²) < 4.78 is 5.29. The van der Waals surface area contributed by atoms with Crippen molar-refractivity contribution in [3.05, 3.63) is 35.5 Å². The molecule has 3 rings (SSSR count). The average Bonchev–Trinajstić information content (AvgIpc) is 3.26. The van der Waals surface area contributed by atoms with Gasteiger partial charge in [0.2, 0.25) is 0 Å². The van der Waals surface area contributed by atoms with Gasteiger partial charge in [0.25, 0.3) is 0 Å². The Labute approximate surface area is 150 Å². The van der Waals surface area contributed by atoms with Gasteiger partial charge < -0.3 is 19.9 Å². The second kappa shape index (κ2) is 8.39. The van der Waals surface area contributed by atoms with Crippen LogP contribution in [0.3, 0.4) is 0 Å². The quantitative estimate of drug-likeness (QED) is 0.627. The van der Waals surface area contributed by atoms with E-state index in [-0.39, 0.29) is 0 Å². The Morgan fingerprint density at radius 2 is 2.28 bits per heavy atom. The van der Waals surface area contributed by atoms with Gasteiger partial charge in [-0.1, -0.05) is 25.1 Å². The van der Waals surface area contributed by atoms with Crippen molar-refractivity contribution >= 4 is 16.9 Å². The largest absolute Gasteiger partial charge is 0.384 e. The summed E-state index contributed by atoms with van der Waals surface area (Å²) in [6.07, 6.45) is 5.37. The summed E-state index contributed by atoms with van der Waals surface area (Å²) in [5.74, 6) is 1.62. The van der Waals surface area contributed by atoms with Crippen molar-refractivity contribution in [3.8, 4) is 0 Å². The molecule has 0 bridgehead atoms. The van der Waals surface area contributed by atoms with Gasteiger partial charge in [0.1, 0.15) is 0 Å². The second-order valence-corrected chi connectivity index (χ2v) is 6.79. The molecule has 2 N–H and O–H groups in total. The Bertz CT molecular complexity index is 722. The molecule has 1 aliphatic rings. The molecule has 2 heterocycles. The van der Waals surface area contributed by atoms with Gasteiger partial charge in [0.05, 0.1) is 6.61 Å². The van der Waals surface area contributed by atoms with E-state index in [0.717, 1.165) is 45.0 Å². The van der Waals surface area contributed by atoms with Crippen LogP contribution in [-0.4, -0.2) is 56.2 Å². The number of benzene rings is 1. The first-order valence-electron chi connectivity index (χ1n) is 9.29. The van der Waals surface area contributed by atoms with E-state index in [4.69, 9.17) is 4.74 Å². The predicted octanol–water partition coefficient (Wildman–Crippen LogP) is 2.82. The first-order valence-corrected chi connectivity index (χ1v) is 9.29. The number of nitrogens with zero attached hydrogens (tertiary/aromatic N) is 2. The molecular weight excluding hydrogens is 312 g/mol. The summed E-state index contributed by atoms with van der Waals surface area (Å²) in [7, 11) is 3.64. The first-order chi connectivity index (χ1) is 12.3. The number of H-pyrrole nitrogens is 1. The number of hydrogen-bond acceptors (Lipinski definition) is 2. The van der Waals surface area contributed by atoms with Crippen molar-refractivity contribution in [1.82, 2.24) is 15.2 Å². The van der Waals surface area contributed by atoms with Crippen LogP contribution in [0.4, 0.5) is 0 Å². The molecule has 1 aromatic carbocycles. The molecule has 0 saturated carbocycles. The summed E-state index contributed by atoms with van der Waals surface area (Å²) in [4.78, 5) is 10.2. The minimum absolute atomic E-state index is 0.615. The molecular formula is C20H30N4O. The number of aromatic nitrogens is 1. The molecule has 1 unspecified atom stereocenters. The highest BCUT2D eigenvalue weighted by atomic mass is 16.5. The number of ether oxygens (including phenoxy) is 1. The lowest BCUT2D eigenvalue weighted by Gasteiger charge is -2.21. The molecule has 136 valence electrons. The molecule has 1 aliphatic heterocycles. The van der Waals surface area contributed by atoms with Crippen LogP contribution in [0.5, 0.6) is 0 Å². The van der Waals surface area contributed by atoms with E-state index >= 15 is 0 Å². The molecule has 1 saturated heterocycles. The summed E-state index contributed by atoms with van der Waals surface area (Å²) in [5.41, 5.74) is 4.03. The third kappa shape index (κ3) is 3.98. The Morgan fingerprint density at radius 3 is 3.04 bits per heavy atom. The molecule has 2 aromatic rings. The number of likely N-dealkylation sites (tertiary alicyclic amines) is 1. The number of aromatic amines is 1. The topological polar surface area (TPSA) is 52.6 Å². The maximum Gasteiger partial charge on any atom is 0.193 e. The van der Waals surface area contributed by atoms with Gasteiger partial charge in [-0.25, -0.2) is 0 Å². The van der Waals surface area contributed by atoms with Crippen molar-refractivity contribution in [2.45, 2.75) is 26.2 Å². The van der Waals surface area contributed by atoms with Gasteiger partial charge in [-0.2, -0.15) is 0 Å². The highest BCUT2D eigenvalue weighted by molar-refractivity contribution is 5.86. The van der Waals surface area contributed by atoms with Crippen molar-refractivity contribution in [2.75, 3.05) is 40.4 Å². The van der Waals surface area contributed by atoms with Crippen LogP contribution in [0.2, 0.25) is 0 Å². The number of guanidine groups is 1. The number of nitrogens with one attached hydrogen (secondary N) is 2. The predicted molar refractivity (Wildman–Crippen MR) is 104 cm³/mol. The molecule has 1 atom stereocenters. The maximum atomic E-state index is 5.29. The van der Waals surface area contributed by atoms with Crippen molar-refractivity contribution in [1.29, 1.82) is 0 Å². The second-order valence-electron chi connectivity index (χ2n) is 6.79.